The quantitative estimate of drug-likeness (QED) is 0.674. The van der Waals surface area contributed by atoms with Crippen molar-refractivity contribution in [3.8, 4) is 0 Å². The van der Waals surface area contributed by atoms with Crippen molar-refractivity contribution in [3.63, 3.8) is 0 Å². The molecule has 0 aromatic heterocycles. The van der Waals surface area contributed by atoms with Gasteiger partial charge in [-0.15, -0.1) is 0 Å². The molecule has 0 spiro atoms. The minimum atomic E-state index is -1.26. The Morgan fingerprint density at radius 1 is 1.14 bits per heavy atom. The highest BCUT2D eigenvalue weighted by atomic mass is 35.5. The molecule has 0 bridgehead atoms. The summed E-state index contributed by atoms with van der Waals surface area (Å²) < 4.78 is 0. The Labute approximate surface area is 128 Å². The molecule has 2 aromatic carbocycles. The van der Waals surface area contributed by atoms with Gasteiger partial charge in [0.2, 0.25) is 0 Å². The third-order valence-electron chi connectivity index (χ3n) is 2.96. The van der Waals surface area contributed by atoms with E-state index in [-0.39, 0.29) is 0 Å². The minimum absolute atomic E-state index is 0.514. The maximum absolute atomic E-state index is 11.9. The van der Waals surface area contributed by atoms with Crippen LogP contribution in [0.1, 0.15) is 24.2 Å². The van der Waals surface area contributed by atoms with E-state index in [0.29, 0.717) is 16.3 Å². The van der Waals surface area contributed by atoms with Crippen molar-refractivity contribution < 1.29 is 9.90 Å². The molecule has 1 unspecified atom stereocenters. The van der Waals surface area contributed by atoms with Gasteiger partial charge in [0.25, 0.3) is 5.91 Å². The van der Waals surface area contributed by atoms with Gasteiger partial charge in [-0.1, -0.05) is 60.1 Å². The predicted octanol–water partition coefficient (Wildman–Crippen LogP) is 2.91. The number of nitrogens with one attached hydrogen (secondary N) is 1. The Hall–Kier alpha value is -2.17. The molecule has 0 aliphatic rings. The number of carbonyl (C=O) groups excluding carboxylic acids is 1. The summed E-state index contributed by atoms with van der Waals surface area (Å²) in [5.74, 6) is -0.590. The smallest absolute Gasteiger partial charge is 0.273 e. The maximum atomic E-state index is 11.9. The largest absolute Gasteiger partial charge is 0.378 e. The van der Waals surface area contributed by atoms with Gasteiger partial charge >= 0.3 is 0 Å². The zero-order chi connectivity index (χ0) is 15.2. The number of carbonyl (C=O) groups is 1. The molecule has 4 nitrogen and oxygen atoms in total. The number of hydrogen-bond donors (Lipinski definition) is 2. The second-order valence-corrected chi connectivity index (χ2v) is 4.87. The van der Waals surface area contributed by atoms with Gasteiger partial charge in [0, 0.05) is 10.6 Å². The van der Waals surface area contributed by atoms with Crippen molar-refractivity contribution in [1.29, 1.82) is 0 Å². The zero-order valence-electron chi connectivity index (χ0n) is 11.5. The Kier molecular flexibility index (Phi) is 5.09. The number of amides is 1. The van der Waals surface area contributed by atoms with Crippen LogP contribution in [-0.2, 0) is 4.79 Å². The summed E-state index contributed by atoms with van der Waals surface area (Å²) in [7, 11) is 0. The molecule has 0 fully saturated rings. The molecule has 5 heteroatoms. The summed E-state index contributed by atoms with van der Waals surface area (Å²) in [6, 6.07) is 15.9. The van der Waals surface area contributed by atoms with Gasteiger partial charge in [-0.25, -0.2) is 5.43 Å². The standard InChI is InChI=1S/C16H15ClN2O2/c1-11(13-9-5-6-10-14(13)17)18-19-16(21)15(20)12-7-3-2-4-8-12/h2-10,15,20H,1H3,(H,19,21)/b18-11+. The minimum Gasteiger partial charge on any atom is -0.378 e. The summed E-state index contributed by atoms with van der Waals surface area (Å²) in [5, 5.41) is 14.4. The molecular weight excluding hydrogens is 288 g/mol. The van der Waals surface area contributed by atoms with Gasteiger partial charge in [0.15, 0.2) is 6.10 Å². The molecule has 0 aliphatic carbocycles. The van der Waals surface area contributed by atoms with Crippen LogP contribution >= 0.6 is 11.6 Å². The van der Waals surface area contributed by atoms with Crippen molar-refractivity contribution in [2.24, 2.45) is 5.10 Å². The van der Waals surface area contributed by atoms with Crippen LogP contribution in [0.3, 0.4) is 0 Å². The number of hydrogen-bond acceptors (Lipinski definition) is 3. The first-order valence-electron chi connectivity index (χ1n) is 6.41. The third-order valence-corrected chi connectivity index (χ3v) is 3.29. The Bertz CT molecular complexity index is 656. The third kappa shape index (κ3) is 3.90. The molecule has 0 heterocycles. The molecule has 1 amide bonds. The average molecular weight is 303 g/mol. The molecule has 0 saturated carbocycles. The fraction of sp³-hybridized carbons (Fsp3) is 0.125. The molecule has 108 valence electrons. The first-order chi connectivity index (χ1) is 10.1. The van der Waals surface area contributed by atoms with E-state index in [1.54, 1.807) is 43.3 Å². The average Bonchev–Trinajstić information content (AvgIpc) is 2.52. The monoisotopic (exact) mass is 302 g/mol. The number of aliphatic hydroxyl groups excluding tert-OH is 1. The molecule has 0 radical (unpaired) electrons. The molecule has 2 rings (SSSR count). The van der Waals surface area contributed by atoms with Crippen molar-refractivity contribution in [3.05, 3.63) is 70.7 Å². The van der Waals surface area contributed by atoms with Gasteiger partial charge in [-0.2, -0.15) is 5.10 Å². The van der Waals surface area contributed by atoms with E-state index in [1.165, 1.54) is 0 Å². The second kappa shape index (κ2) is 7.02. The summed E-state index contributed by atoms with van der Waals surface area (Å²) in [4.78, 5) is 11.9. The highest BCUT2D eigenvalue weighted by Crippen LogP contribution is 2.16. The van der Waals surface area contributed by atoms with Crippen molar-refractivity contribution in [1.82, 2.24) is 5.43 Å². The first kappa shape index (κ1) is 15.2. The van der Waals surface area contributed by atoms with E-state index < -0.39 is 12.0 Å². The highest BCUT2D eigenvalue weighted by Gasteiger charge is 2.16. The number of benzene rings is 2. The number of aliphatic hydroxyl groups is 1. The summed E-state index contributed by atoms with van der Waals surface area (Å²) in [5.41, 5.74) is 4.16. The maximum Gasteiger partial charge on any atom is 0.273 e. The topological polar surface area (TPSA) is 61.7 Å². The lowest BCUT2D eigenvalue weighted by atomic mass is 10.1. The Morgan fingerprint density at radius 2 is 1.76 bits per heavy atom. The molecular formula is C16H15ClN2O2. The number of halogens is 1. The van der Waals surface area contributed by atoms with Gasteiger partial charge in [-0.3, -0.25) is 4.79 Å². The summed E-state index contributed by atoms with van der Waals surface area (Å²) >= 11 is 6.05. The summed E-state index contributed by atoms with van der Waals surface area (Å²) in [6.45, 7) is 1.73. The van der Waals surface area contributed by atoms with E-state index in [2.05, 4.69) is 10.5 Å². The second-order valence-electron chi connectivity index (χ2n) is 4.47. The van der Waals surface area contributed by atoms with Crippen molar-refractivity contribution in [2.75, 3.05) is 0 Å². The van der Waals surface area contributed by atoms with E-state index in [4.69, 9.17) is 11.6 Å². The predicted molar refractivity (Wildman–Crippen MR) is 83.2 cm³/mol. The molecule has 1 atom stereocenters. The van der Waals surface area contributed by atoms with Crippen LogP contribution in [0.2, 0.25) is 5.02 Å². The molecule has 2 N–H and O–H groups in total. The van der Waals surface area contributed by atoms with Crippen molar-refractivity contribution >= 4 is 23.2 Å². The van der Waals surface area contributed by atoms with Crippen LogP contribution in [0.4, 0.5) is 0 Å². The van der Waals surface area contributed by atoms with Crippen LogP contribution in [0.15, 0.2) is 59.7 Å². The fourth-order valence-electron chi connectivity index (χ4n) is 1.80. The van der Waals surface area contributed by atoms with Crippen LogP contribution in [-0.4, -0.2) is 16.7 Å². The lowest BCUT2D eigenvalue weighted by Crippen LogP contribution is -2.26. The van der Waals surface area contributed by atoms with E-state index in [9.17, 15) is 9.90 Å². The van der Waals surface area contributed by atoms with Gasteiger partial charge < -0.3 is 5.11 Å². The number of rotatable bonds is 4. The van der Waals surface area contributed by atoms with Crippen molar-refractivity contribution in [2.45, 2.75) is 13.0 Å². The van der Waals surface area contributed by atoms with Gasteiger partial charge in [0.1, 0.15) is 0 Å². The highest BCUT2D eigenvalue weighted by molar-refractivity contribution is 6.34. The summed E-state index contributed by atoms with van der Waals surface area (Å²) in [6.07, 6.45) is -1.26. The van der Waals surface area contributed by atoms with Crippen LogP contribution in [0, 0.1) is 0 Å². The van der Waals surface area contributed by atoms with Crippen LogP contribution < -0.4 is 5.43 Å². The van der Waals surface area contributed by atoms with Gasteiger partial charge in [0.05, 0.1) is 5.71 Å². The van der Waals surface area contributed by atoms with Crippen LogP contribution in [0.25, 0.3) is 0 Å². The molecule has 2 aromatic rings. The normalized spacial score (nSPS) is 12.8. The zero-order valence-corrected chi connectivity index (χ0v) is 12.2. The molecule has 21 heavy (non-hydrogen) atoms. The Morgan fingerprint density at radius 3 is 2.43 bits per heavy atom. The Balaban J connectivity index is 2.07. The SMILES string of the molecule is C/C(=N\NC(=O)C(O)c1ccccc1)c1ccccc1Cl. The van der Waals surface area contributed by atoms with E-state index in [1.807, 2.05) is 18.2 Å². The van der Waals surface area contributed by atoms with E-state index in [0.717, 1.165) is 5.56 Å². The number of nitrogens with zero attached hydrogens (tertiary/aromatic N) is 1. The van der Waals surface area contributed by atoms with E-state index >= 15 is 0 Å². The fourth-order valence-corrected chi connectivity index (χ4v) is 2.07. The molecule has 0 saturated heterocycles. The van der Waals surface area contributed by atoms with Crippen LogP contribution in [0.5, 0.6) is 0 Å². The number of hydrazone groups is 1. The lowest BCUT2D eigenvalue weighted by Gasteiger charge is -2.09. The molecule has 0 aliphatic heterocycles. The lowest BCUT2D eigenvalue weighted by molar-refractivity contribution is -0.129. The first-order valence-corrected chi connectivity index (χ1v) is 6.79. The van der Waals surface area contributed by atoms with Gasteiger partial charge in [-0.05, 0) is 18.6 Å².